The van der Waals surface area contributed by atoms with Crippen molar-refractivity contribution in [3.63, 3.8) is 0 Å². The maximum atomic E-state index is 12.9. The molecule has 0 radical (unpaired) electrons. The van der Waals surface area contributed by atoms with Crippen LogP contribution in [0.4, 0.5) is 0 Å². The second kappa shape index (κ2) is 7.42. The van der Waals surface area contributed by atoms with Crippen LogP contribution >= 0.6 is 0 Å². The van der Waals surface area contributed by atoms with E-state index >= 15 is 0 Å². The van der Waals surface area contributed by atoms with Crippen molar-refractivity contribution in [2.75, 3.05) is 0 Å². The van der Waals surface area contributed by atoms with E-state index in [2.05, 4.69) is 0 Å². The van der Waals surface area contributed by atoms with E-state index in [1.54, 1.807) is 0 Å². The number of Topliss-reactive ketones (excluding diaryl/α,β-unsaturated/α-hetero) is 1. The fourth-order valence-corrected chi connectivity index (χ4v) is 3.32. The quantitative estimate of drug-likeness (QED) is 0.631. The molecular formula is C24H18O3. The minimum atomic E-state index is -0.527. The average molecular weight is 354 g/mol. The van der Waals surface area contributed by atoms with Crippen molar-refractivity contribution in [2.24, 2.45) is 0 Å². The van der Waals surface area contributed by atoms with Gasteiger partial charge in [0.2, 0.25) is 0 Å². The summed E-state index contributed by atoms with van der Waals surface area (Å²) in [6.45, 7) is 0. The van der Waals surface area contributed by atoms with E-state index in [0.717, 1.165) is 16.7 Å². The van der Waals surface area contributed by atoms with Crippen molar-refractivity contribution in [1.29, 1.82) is 0 Å². The van der Waals surface area contributed by atoms with Gasteiger partial charge in [-0.2, -0.15) is 0 Å². The van der Waals surface area contributed by atoms with Gasteiger partial charge in [-0.05, 0) is 16.7 Å². The van der Waals surface area contributed by atoms with Gasteiger partial charge in [-0.15, -0.1) is 0 Å². The molecule has 3 nitrogen and oxygen atoms in total. The van der Waals surface area contributed by atoms with Gasteiger partial charge in [0.15, 0.2) is 5.78 Å². The summed E-state index contributed by atoms with van der Waals surface area (Å²) in [4.78, 5) is 25.4. The molecule has 0 heterocycles. The Morgan fingerprint density at radius 2 is 1.33 bits per heavy atom. The molecule has 3 aromatic rings. The van der Waals surface area contributed by atoms with Gasteiger partial charge in [-0.1, -0.05) is 91.0 Å². The van der Waals surface area contributed by atoms with Crippen LogP contribution < -0.4 is 0 Å². The first-order chi connectivity index (χ1) is 13.2. The lowest BCUT2D eigenvalue weighted by molar-refractivity contribution is -0.140. The number of carbonyl (C=O) groups is 2. The highest BCUT2D eigenvalue weighted by Gasteiger charge is 2.43. The highest BCUT2D eigenvalue weighted by molar-refractivity contribution is 6.32. The summed E-state index contributed by atoms with van der Waals surface area (Å²) in [6.07, 6.45) is 0.169. The molecule has 3 aromatic carbocycles. The Bertz CT molecular complexity index is 990. The molecular weight excluding hydrogens is 336 g/mol. The van der Waals surface area contributed by atoms with Gasteiger partial charge in [0.1, 0.15) is 11.7 Å². The number of allylic oxidation sites excluding steroid dienone is 2. The van der Waals surface area contributed by atoms with Crippen LogP contribution in [0.15, 0.2) is 96.8 Å². The fourth-order valence-electron chi connectivity index (χ4n) is 3.32. The molecule has 0 saturated heterocycles. The minimum Gasteiger partial charge on any atom is -0.429 e. The van der Waals surface area contributed by atoms with Crippen LogP contribution in [0, 0.1) is 0 Å². The van der Waals surface area contributed by atoms with Crippen molar-refractivity contribution in [1.82, 2.24) is 0 Å². The van der Waals surface area contributed by atoms with Crippen LogP contribution in [0.5, 0.6) is 0 Å². The van der Waals surface area contributed by atoms with Gasteiger partial charge in [-0.25, -0.2) is 0 Å². The summed E-state index contributed by atoms with van der Waals surface area (Å²) in [7, 11) is 0. The molecule has 1 atom stereocenters. The molecule has 0 fully saturated rings. The number of ether oxygens (including phenoxy) is 1. The number of carbonyl (C=O) groups excluding carboxylic acids is 2. The van der Waals surface area contributed by atoms with Crippen molar-refractivity contribution in [2.45, 2.75) is 12.3 Å². The predicted molar refractivity (Wildman–Crippen MR) is 104 cm³/mol. The number of benzene rings is 3. The normalized spacial score (nSPS) is 16.0. The van der Waals surface area contributed by atoms with E-state index in [1.807, 2.05) is 91.0 Å². The third kappa shape index (κ3) is 3.44. The molecule has 0 amide bonds. The van der Waals surface area contributed by atoms with Crippen LogP contribution in [0.2, 0.25) is 0 Å². The van der Waals surface area contributed by atoms with Crippen LogP contribution in [0.1, 0.15) is 22.6 Å². The Labute approximate surface area is 157 Å². The van der Waals surface area contributed by atoms with Crippen molar-refractivity contribution < 1.29 is 14.3 Å². The van der Waals surface area contributed by atoms with Crippen molar-refractivity contribution >= 4 is 17.3 Å². The number of esters is 1. The smallest absolute Gasteiger partial charge is 0.315 e. The maximum Gasteiger partial charge on any atom is 0.315 e. The molecule has 0 N–H and O–H groups in total. The summed E-state index contributed by atoms with van der Waals surface area (Å²) in [6, 6.07) is 28.2. The highest BCUT2D eigenvalue weighted by atomic mass is 16.5. The third-order valence-corrected chi connectivity index (χ3v) is 4.63. The summed E-state index contributed by atoms with van der Waals surface area (Å²) < 4.78 is 5.71. The van der Waals surface area contributed by atoms with E-state index in [-0.39, 0.29) is 18.2 Å². The van der Waals surface area contributed by atoms with E-state index in [0.29, 0.717) is 11.3 Å². The van der Waals surface area contributed by atoms with E-state index in [4.69, 9.17) is 4.74 Å². The zero-order chi connectivity index (χ0) is 18.6. The predicted octanol–water partition coefficient (Wildman–Crippen LogP) is 4.55. The molecule has 3 heteroatoms. The number of hydrogen-bond donors (Lipinski definition) is 0. The van der Waals surface area contributed by atoms with E-state index in [1.165, 1.54) is 0 Å². The second-order valence-corrected chi connectivity index (χ2v) is 6.45. The molecule has 0 saturated carbocycles. The lowest BCUT2D eigenvalue weighted by Gasteiger charge is -2.31. The largest absolute Gasteiger partial charge is 0.429 e. The van der Waals surface area contributed by atoms with Crippen LogP contribution in [0.3, 0.4) is 0 Å². The minimum absolute atomic E-state index is 0.0186. The number of rotatable bonds is 5. The monoisotopic (exact) mass is 354 g/mol. The first kappa shape index (κ1) is 17.0. The zero-order valence-corrected chi connectivity index (χ0v) is 14.7. The third-order valence-electron chi connectivity index (χ3n) is 4.63. The Balaban J connectivity index is 1.66. The Hall–Kier alpha value is -3.46. The van der Waals surface area contributed by atoms with Gasteiger partial charge < -0.3 is 4.74 Å². The fraction of sp³-hybridized carbons (Fsp3) is 0.0833. The summed E-state index contributed by atoms with van der Waals surface area (Å²) in [5.41, 5.74) is 2.99. The molecule has 1 aliphatic rings. The van der Waals surface area contributed by atoms with Gasteiger partial charge in [0.25, 0.3) is 0 Å². The maximum absolute atomic E-state index is 12.9. The Kier molecular flexibility index (Phi) is 4.67. The van der Waals surface area contributed by atoms with Crippen LogP contribution in [-0.2, 0) is 20.7 Å². The SMILES string of the molecule is O=C(Cc1ccccc1)OC1=C(c2ccccc2)C(=O)C1c1ccccc1. The van der Waals surface area contributed by atoms with Crippen LogP contribution in [-0.4, -0.2) is 11.8 Å². The summed E-state index contributed by atoms with van der Waals surface area (Å²) in [5, 5.41) is 0. The molecule has 4 rings (SSSR count). The van der Waals surface area contributed by atoms with Gasteiger partial charge >= 0.3 is 5.97 Å². The second-order valence-electron chi connectivity index (χ2n) is 6.45. The molecule has 1 aliphatic carbocycles. The lowest BCUT2D eigenvalue weighted by atomic mass is 9.75. The van der Waals surface area contributed by atoms with Crippen LogP contribution in [0.25, 0.3) is 5.57 Å². The standard InChI is InChI=1S/C24H18O3/c25-20(16-17-10-4-1-5-11-17)27-24-21(18-12-6-2-7-13-18)23(26)22(24)19-14-8-3-9-15-19/h1-15,21H,16H2. The first-order valence-electron chi connectivity index (χ1n) is 8.87. The number of ketones is 1. The van der Waals surface area contributed by atoms with E-state index < -0.39 is 5.92 Å². The zero-order valence-electron chi connectivity index (χ0n) is 14.7. The molecule has 132 valence electrons. The van der Waals surface area contributed by atoms with Gasteiger partial charge in [-0.3, -0.25) is 9.59 Å². The van der Waals surface area contributed by atoms with E-state index in [9.17, 15) is 9.59 Å². The average Bonchev–Trinajstić information content (AvgIpc) is 2.70. The van der Waals surface area contributed by atoms with Crippen molar-refractivity contribution in [3.8, 4) is 0 Å². The lowest BCUT2D eigenvalue weighted by Crippen LogP contribution is -2.31. The number of hydrogen-bond acceptors (Lipinski definition) is 3. The molecule has 27 heavy (non-hydrogen) atoms. The highest BCUT2D eigenvalue weighted by Crippen LogP contribution is 2.45. The molecule has 0 spiro atoms. The van der Waals surface area contributed by atoms with Crippen molar-refractivity contribution in [3.05, 3.63) is 113 Å². The van der Waals surface area contributed by atoms with Gasteiger partial charge in [0, 0.05) is 0 Å². The summed E-state index contributed by atoms with van der Waals surface area (Å²) >= 11 is 0. The molecule has 0 aromatic heterocycles. The Morgan fingerprint density at radius 1 is 0.778 bits per heavy atom. The summed E-state index contributed by atoms with van der Waals surface area (Å²) in [5.74, 6) is -0.465. The Morgan fingerprint density at radius 3 is 1.96 bits per heavy atom. The first-order valence-corrected chi connectivity index (χ1v) is 8.87. The molecule has 0 aliphatic heterocycles. The topological polar surface area (TPSA) is 43.4 Å². The molecule has 0 bridgehead atoms. The van der Waals surface area contributed by atoms with Gasteiger partial charge in [0.05, 0.1) is 12.0 Å². The molecule has 1 unspecified atom stereocenters.